The monoisotopic (exact) mass is 137 g/mol. The van der Waals surface area contributed by atoms with E-state index >= 15 is 0 Å². The maximum Gasteiger partial charge on any atom is 0.0542 e. The quantitative estimate of drug-likeness (QED) is 0.627. The fourth-order valence-electron chi connectivity index (χ4n) is 1.32. The van der Waals surface area contributed by atoms with Gasteiger partial charge in [0.2, 0.25) is 0 Å². The summed E-state index contributed by atoms with van der Waals surface area (Å²) in [6.07, 6.45) is 4.17. The van der Waals surface area contributed by atoms with Crippen LogP contribution < -0.4 is 0 Å². The van der Waals surface area contributed by atoms with E-state index in [2.05, 4.69) is 4.98 Å². The second kappa shape index (κ2) is 1.86. The summed E-state index contributed by atoms with van der Waals surface area (Å²) in [6.45, 7) is 0.285. The van der Waals surface area contributed by atoms with E-state index in [9.17, 15) is 0 Å². The van der Waals surface area contributed by atoms with E-state index in [4.69, 9.17) is 5.11 Å². The van der Waals surface area contributed by atoms with Crippen LogP contribution in [-0.4, -0.2) is 16.7 Å². The largest absolute Gasteiger partial charge is 0.395 e. The fraction of sp³-hybridized carbons (Fsp3) is 0.500. The number of aliphatic hydroxyl groups is 1. The number of rotatable bonds is 2. The highest BCUT2D eigenvalue weighted by molar-refractivity contribution is 5.24. The van der Waals surface area contributed by atoms with Crippen LogP contribution in [0.25, 0.3) is 0 Å². The third-order valence-electron chi connectivity index (χ3n) is 2.33. The second-order valence-corrected chi connectivity index (χ2v) is 3.02. The van der Waals surface area contributed by atoms with E-state index in [0.29, 0.717) is 0 Å². The lowest BCUT2D eigenvalue weighted by atomic mass is 10.1. The maximum atomic E-state index is 9.01. The summed E-state index contributed by atoms with van der Waals surface area (Å²) in [4.78, 5) is 3.13. The van der Waals surface area contributed by atoms with Gasteiger partial charge >= 0.3 is 0 Å². The zero-order chi connectivity index (χ0) is 7.03. The normalized spacial score (nSPS) is 20.9. The van der Waals surface area contributed by atoms with Gasteiger partial charge in [-0.1, -0.05) is 0 Å². The molecule has 0 saturated heterocycles. The van der Waals surface area contributed by atoms with Crippen molar-refractivity contribution in [1.82, 2.24) is 4.98 Å². The molecule has 1 fully saturated rings. The van der Waals surface area contributed by atoms with E-state index in [1.165, 1.54) is 5.69 Å². The van der Waals surface area contributed by atoms with Crippen molar-refractivity contribution in [2.45, 2.75) is 18.3 Å². The zero-order valence-corrected chi connectivity index (χ0v) is 5.80. The second-order valence-electron chi connectivity index (χ2n) is 3.02. The molecule has 0 amide bonds. The van der Waals surface area contributed by atoms with Crippen LogP contribution in [-0.2, 0) is 5.41 Å². The smallest absolute Gasteiger partial charge is 0.0542 e. The first-order chi connectivity index (χ1) is 4.87. The number of aromatic nitrogens is 1. The Morgan fingerprint density at radius 3 is 2.80 bits per heavy atom. The molecule has 0 aromatic carbocycles. The van der Waals surface area contributed by atoms with E-state index in [-0.39, 0.29) is 12.0 Å². The molecule has 10 heavy (non-hydrogen) atoms. The summed E-state index contributed by atoms with van der Waals surface area (Å²) in [5.41, 5.74) is 1.30. The van der Waals surface area contributed by atoms with Gasteiger partial charge in [0.25, 0.3) is 0 Å². The molecule has 0 aliphatic heterocycles. The Labute approximate surface area is 59.9 Å². The molecule has 1 saturated carbocycles. The molecule has 2 nitrogen and oxygen atoms in total. The van der Waals surface area contributed by atoms with Gasteiger partial charge in [-0.2, -0.15) is 0 Å². The maximum absolute atomic E-state index is 9.01. The minimum absolute atomic E-state index is 0.115. The first kappa shape index (κ1) is 5.98. The van der Waals surface area contributed by atoms with Crippen LogP contribution in [0.3, 0.4) is 0 Å². The van der Waals surface area contributed by atoms with Crippen molar-refractivity contribution in [3.63, 3.8) is 0 Å². The summed E-state index contributed by atoms with van der Waals surface area (Å²) in [5.74, 6) is 0. The summed E-state index contributed by atoms with van der Waals surface area (Å²) in [7, 11) is 0. The molecule has 54 valence electrons. The summed E-state index contributed by atoms with van der Waals surface area (Å²) in [5, 5.41) is 9.01. The van der Waals surface area contributed by atoms with Gasteiger partial charge in [0.15, 0.2) is 0 Å². The van der Waals surface area contributed by atoms with Crippen LogP contribution in [0.4, 0.5) is 0 Å². The van der Waals surface area contributed by atoms with Crippen molar-refractivity contribution in [3.8, 4) is 0 Å². The van der Waals surface area contributed by atoms with Crippen molar-refractivity contribution in [1.29, 1.82) is 0 Å². The number of nitrogens with one attached hydrogen (secondary N) is 1. The Bertz CT molecular complexity index is 211. The molecule has 1 aromatic heterocycles. The van der Waals surface area contributed by atoms with Gasteiger partial charge < -0.3 is 10.1 Å². The number of hydrogen-bond donors (Lipinski definition) is 2. The van der Waals surface area contributed by atoms with Gasteiger partial charge in [-0.25, -0.2) is 0 Å². The molecule has 0 bridgehead atoms. The van der Waals surface area contributed by atoms with Gasteiger partial charge in [-0.15, -0.1) is 0 Å². The van der Waals surface area contributed by atoms with Gasteiger partial charge in [0.05, 0.1) is 6.61 Å². The fourth-order valence-corrected chi connectivity index (χ4v) is 1.32. The van der Waals surface area contributed by atoms with Gasteiger partial charge in [-0.05, 0) is 25.0 Å². The van der Waals surface area contributed by atoms with Gasteiger partial charge in [0, 0.05) is 17.3 Å². The summed E-state index contributed by atoms with van der Waals surface area (Å²) < 4.78 is 0. The third kappa shape index (κ3) is 0.688. The molecule has 1 heterocycles. The Morgan fingerprint density at radius 2 is 2.40 bits per heavy atom. The van der Waals surface area contributed by atoms with E-state index in [1.54, 1.807) is 0 Å². The third-order valence-corrected chi connectivity index (χ3v) is 2.33. The van der Waals surface area contributed by atoms with Crippen LogP contribution >= 0.6 is 0 Å². The summed E-state index contributed by atoms with van der Waals surface area (Å²) >= 11 is 0. The van der Waals surface area contributed by atoms with Crippen molar-refractivity contribution in [2.75, 3.05) is 6.61 Å². The minimum atomic E-state index is 0.115. The van der Waals surface area contributed by atoms with Crippen LogP contribution in [0.2, 0.25) is 0 Å². The predicted molar refractivity (Wildman–Crippen MR) is 38.8 cm³/mol. The average molecular weight is 137 g/mol. The Balaban J connectivity index is 2.27. The highest BCUT2D eigenvalue weighted by atomic mass is 16.3. The Morgan fingerprint density at radius 1 is 1.60 bits per heavy atom. The Hall–Kier alpha value is -0.760. The zero-order valence-electron chi connectivity index (χ0n) is 5.80. The molecule has 2 rings (SSSR count). The molecule has 2 heteroatoms. The number of hydrogen-bond acceptors (Lipinski definition) is 1. The van der Waals surface area contributed by atoms with E-state index in [1.807, 2.05) is 18.3 Å². The standard InChI is InChI=1S/C8H11NO/c10-6-8(3-4-8)7-2-1-5-9-7/h1-2,5,9-10H,3-4,6H2. The molecular formula is C8H11NO. The van der Waals surface area contributed by atoms with E-state index < -0.39 is 0 Å². The number of aromatic amines is 1. The molecule has 1 aliphatic rings. The lowest BCUT2D eigenvalue weighted by Crippen LogP contribution is -2.11. The first-order valence-electron chi connectivity index (χ1n) is 3.62. The van der Waals surface area contributed by atoms with Crippen LogP contribution in [0.15, 0.2) is 18.3 Å². The molecule has 1 aliphatic carbocycles. The minimum Gasteiger partial charge on any atom is -0.395 e. The molecule has 1 aromatic rings. The predicted octanol–water partition coefficient (Wildman–Crippen LogP) is 1.04. The van der Waals surface area contributed by atoms with E-state index in [0.717, 1.165) is 12.8 Å². The van der Waals surface area contributed by atoms with Crippen LogP contribution in [0.5, 0.6) is 0 Å². The summed E-state index contributed by atoms with van der Waals surface area (Å²) in [6, 6.07) is 4.02. The molecule has 0 unspecified atom stereocenters. The number of aliphatic hydroxyl groups excluding tert-OH is 1. The average Bonchev–Trinajstić information content (AvgIpc) is 2.58. The lowest BCUT2D eigenvalue weighted by Gasteiger charge is -2.07. The van der Waals surface area contributed by atoms with Crippen molar-refractivity contribution in [2.24, 2.45) is 0 Å². The first-order valence-corrected chi connectivity index (χ1v) is 3.62. The van der Waals surface area contributed by atoms with Crippen LogP contribution in [0, 0.1) is 0 Å². The molecule has 0 atom stereocenters. The lowest BCUT2D eigenvalue weighted by molar-refractivity contribution is 0.253. The van der Waals surface area contributed by atoms with Gasteiger partial charge in [-0.3, -0.25) is 0 Å². The molecular weight excluding hydrogens is 126 g/mol. The van der Waals surface area contributed by atoms with Crippen molar-refractivity contribution < 1.29 is 5.11 Å². The van der Waals surface area contributed by atoms with Crippen LogP contribution in [0.1, 0.15) is 18.5 Å². The Kier molecular flexibility index (Phi) is 1.11. The topological polar surface area (TPSA) is 36.0 Å². The highest BCUT2D eigenvalue weighted by Crippen LogP contribution is 2.46. The van der Waals surface area contributed by atoms with Gasteiger partial charge in [0.1, 0.15) is 0 Å². The number of H-pyrrole nitrogens is 1. The molecule has 0 radical (unpaired) electrons. The highest BCUT2D eigenvalue weighted by Gasteiger charge is 2.44. The molecule has 0 spiro atoms. The molecule has 2 N–H and O–H groups in total. The SMILES string of the molecule is OCC1(c2ccc[nH]2)CC1. The van der Waals surface area contributed by atoms with Crippen molar-refractivity contribution >= 4 is 0 Å². The van der Waals surface area contributed by atoms with Crippen molar-refractivity contribution in [3.05, 3.63) is 24.0 Å².